The van der Waals surface area contributed by atoms with Crippen molar-refractivity contribution in [1.82, 2.24) is 14.9 Å². The summed E-state index contributed by atoms with van der Waals surface area (Å²) < 4.78 is 37.3. The molecule has 0 unspecified atom stereocenters. The maximum Gasteiger partial charge on any atom is 0.211 e. The van der Waals surface area contributed by atoms with Gasteiger partial charge in [-0.05, 0) is 42.9 Å². The summed E-state index contributed by atoms with van der Waals surface area (Å²) in [6.07, 6.45) is 2.89. The summed E-state index contributed by atoms with van der Waals surface area (Å²) in [5, 5.41) is 6.41. The molecule has 26 heavy (non-hydrogen) atoms. The Morgan fingerprint density at radius 2 is 1.81 bits per heavy atom. The van der Waals surface area contributed by atoms with Crippen LogP contribution >= 0.6 is 11.8 Å². The molecule has 1 rings (SSSR count). The van der Waals surface area contributed by atoms with Crippen LogP contribution in [0.2, 0.25) is 0 Å². The van der Waals surface area contributed by atoms with Gasteiger partial charge in [-0.3, -0.25) is 4.99 Å². The molecular weight excluding hydrogens is 375 g/mol. The van der Waals surface area contributed by atoms with Crippen LogP contribution in [0, 0.1) is 5.82 Å². The average molecular weight is 405 g/mol. The maximum absolute atomic E-state index is 12.8. The molecule has 148 valence electrons. The van der Waals surface area contributed by atoms with E-state index in [2.05, 4.69) is 15.6 Å². The highest BCUT2D eigenvalue weighted by Gasteiger charge is 2.13. The Kier molecular flexibility index (Phi) is 10.6. The van der Waals surface area contributed by atoms with Crippen molar-refractivity contribution in [3.05, 3.63) is 30.1 Å². The van der Waals surface area contributed by atoms with Gasteiger partial charge in [-0.2, -0.15) is 0 Å². The van der Waals surface area contributed by atoms with Crippen molar-refractivity contribution in [3.8, 4) is 0 Å². The minimum Gasteiger partial charge on any atom is -0.356 e. The Morgan fingerprint density at radius 3 is 2.35 bits per heavy atom. The molecule has 0 aliphatic heterocycles. The number of nitrogens with one attached hydrogen (secondary N) is 2. The van der Waals surface area contributed by atoms with Crippen LogP contribution < -0.4 is 10.6 Å². The molecule has 0 saturated carbocycles. The monoisotopic (exact) mass is 404 g/mol. The van der Waals surface area contributed by atoms with Gasteiger partial charge >= 0.3 is 0 Å². The van der Waals surface area contributed by atoms with Gasteiger partial charge in [0, 0.05) is 38.1 Å². The number of benzene rings is 1. The molecule has 0 aromatic heterocycles. The maximum atomic E-state index is 12.8. The topological polar surface area (TPSA) is 73.8 Å². The fraction of sp³-hybridized carbons (Fsp3) is 0.588. The van der Waals surface area contributed by atoms with Crippen molar-refractivity contribution in [3.63, 3.8) is 0 Å². The molecule has 0 spiro atoms. The van der Waals surface area contributed by atoms with Crippen molar-refractivity contribution in [2.24, 2.45) is 4.99 Å². The van der Waals surface area contributed by atoms with E-state index in [1.807, 2.05) is 6.92 Å². The minimum absolute atomic E-state index is 0.218. The number of aliphatic imine (C=N–C) groups is 1. The molecule has 1 aromatic rings. The molecule has 0 radical (unpaired) electrons. The van der Waals surface area contributed by atoms with E-state index in [9.17, 15) is 12.8 Å². The normalized spacial score (nSPS) is 12.4. The minimum atomic E-state index is -3.13. The van der Waals surface area contributed by atoms with Gasteiger partial charge < -0.3 is 10.6 Å². The SMILES string of the molecule is CCN(CCCNC(=NC)NCCCSc1ccc(F)cc1)S(C)(=O)=O. The molecule has 0 atom stereocenters. The molecule has 0 bridgehead atoms. The van der Waals surface area contributed by atoms with Gasteiger partial charge in [-0.25, -0.2) is 17.1 Å². The molecule has 0 saturated heterocycles. The summed E-state index contributed by atoms with van der Waals surface area (Å²) in [7, 11) is -1.42. The zero-order valence-electron chi connectivity index (χ0n) is 15.7. The van der Waals surface area contributed by atoms with E-state index in [1.54, 1.807) is 30.9 Å². The number of halogens is 1. The quantitative estimate of drug-likeness (QED) is 0.256. The third-order valence-electron chi connectivity index (χ3n) is 3.62. The number of thioether (sulfide) groups is 1. The zero-order chi connectivity index (χ0) is 19.4. The fourth-order valence-electron chi connectivity index (χ4n) is 2.24. The summed E-state index contributed by atoms with van der Waals surface area (Å²) in [6, 6.07) is 6.50. The summed E-state index contributed by atoms with van der Waals surface area (Å²) in [5.41, 5.74) is 0. The molecule has 0 aliphatic carbocycles. The van der Waals surface area contributed by atoms with Crippen molar-refractivity contribution in [2.75, 3.05) is 45.2 Å². The summed E-state index contributed by atoms with van der Waals surface area (Å²) in [4.78, 5) is 5.21. The molecule has 9 heteroatoms. The average Bonchev–Trinajstić information content (AvgIpc) is 2.60. The predicted octanol–water partition coefficient (Wildman–Crippen LogP) is 2.14. The molecular formula is C17H29FN4O2S2. The van der Waals surface area contributed by atoms with E-state index in [4.69, 9.17) is 0 Å². The summed E-state index contributed by atoms with van der Waals surface area (Å²) >= 11 is 1.69. The number of hydrogen-bond donors (Lipinski definition) is 2. The third kappa shape index (κ3) is 9.40. The Morgan fingerprint density at radius 1 is 1.19 bits per heavy atom. The van der Waals surface area contributed by atoms with E-state index in [1.165, 1.54) is 22.7 Å². The van der Waals surface area contributed by atoms with Crippen molar-refractivity contribution in [2.45, 2.75) is 24.7 Å². The lowest BCUT2D eigenvalue weighted by Crippen LogP contribution is -2.39. The van der Waals surface area contributed by atoms with Crippen molar-refractivity contribution >= 4 is 27.7 Å². The van der Waals surface area contributed by atoms with Crippen LogP contribution in [0.5, 0.6) is 0 Å². The van der Waals surface area contributed by atoms with Crippen molar-refractivity contribution < 1.29 is 12.8 Å². The third-order valence-corrected chi connectivity index (χ3v) is 6.10. The number of guanidine groups is 1. The second-order valence-electron chi connectivity index (χ2n) is 5.69. The number of nitrogens with zero attached hydrogens (tertiary/aromatic N) is 2. The smallest absolute Gasteiger partial charge is 0.211 e. The van der Waals surface area contributed by atoms with Gasteiger partial charge in [-0.1, -0.05) is 6.92 Å². The van der Waals surface area contributed by atoms with Crippen LogP contribution in [-0.4, -0.2) is 63.9 Å². The fourth-order valence-corrected chi connectivity index (χ4v) is 4.02. The van der Waals surface area contributed by atoms with Crippen LogP contribution in [0.4, 0.5) is 4.39 Å². The Balaban J connectivity index is 2.16. The second-order valence-corrected chi connectivity index (χ2v) is 8.84. The van der Waals surface area contributed by atoms with Crippen LogP contribution in [0.1, 0.15) is 19.8 Å². The molecule has 0 aliphatic rings. The predicted molar refractivity (Wildman–Crippen MR) is 108 cm³/mol. The second kappa shape index (κ2) is 12.1. The lowest BCUT2D eigenvalue weighted by atomic mass is 10.4. The van der Waals surface area contributed by atoms with E-state index in [-0.39, 0.29) is 5.82 Å². The molecule has 0 heterocycles. The van der Waals surface area contributed by atoms with Gasteiger partial charge in [0.1, 0.15) is 5.82 Å². The Labute approximate surface area is 160 Å². The number of sulfonamides is 1. The lowest BCUT2D eigenvalue weighted by molar-refractivity contribution is 0.424. The largest absolute Gasteiger partial charge is 0.356 e. The van der Waals surface area contributed by atoms with Gasteiger partial charge in [0.15, 0.2) is 5.96 Å². The first kappa shape index (κ1) is 22.7. The summed E-state index contributed by atoms with van der Waals surface area (Å²) in [5.74, 6) is 1.42. The number of rotatable bonds is 11. The highest BCUT2D eigenvalue weighted by molar-refractivity contribution is 7.99. The zero-order valence-corrected chi connectivity index (χ0v) is 17.3. The van der Waals surface area contributed by atoms with Crippen LogP contribution in [0.25, 0.3) is 0 Å². The Hall–Kier alpha value is -1.32. The highest BCUT2D eigenvalue weighted by Crippen LogP contribution is 2.18. The van der Waals surface area contributed by atoms with Crippen LogP contribution in [0.3, 0.4) is 0 Å². The number of hydrogen-bond acceptors (Lipinski definition) is 4. The molecule has 0 amide bonds. The first-order chi connectivity index (χ1) is 12.4. The van der Waals surface area contributed by atoms with Gasteiger partial charge in [-0.15, -0.1) is 11.8 Å². The van der Waals surface area contributed by atoms with E-state index in [0.717, 1.165) is 23.6 Å². The summed E-state index contributed by atoms with van der Waals surface area (Å²) in [6.45, 7) is 4.23. The molecule has 0 fully saturated rings. The van der Waals surface area contributed by atoms with E-state index < -0.39 is 10.0 Å². The molecule has 2 N–H and O–H groups in total. The first-order valence-electron chi connectivity index (χ1n) is 8.64. The van der Waals surface area contributed by atoms with Crippen LogP contribution in [-0.2, 0) is 10.0 Å². The van der Waals surface area contributed by atoms with Gasteiger partial charge in [0.05, 0.1) is 6.26 Å². The van der Waals surface area contributed by atoms with Crippen LogP contribution in [0.15, 0.2) is 34.2 Å². The van der Waals surface area contributed by atoms with Gasteiger partial charge in [0.2, 0.25) is 10.0 Å². The van der Waals surface area contributed by atoms with E-state index >= 15 is 0 Å². The Bertz CT molecular complexity index is 651. The molecule has 1 aromatic carbocycles. The first-order valence-corrected chi connectivity index (χ1v) is 11.5. The van der Waals surface area contributed by atoms with Gasteiger partial charge in [0.25, 0.3) is 0 Å². The lowest BCUT2D eigenvalue weighted by Gasteiger charge is -2.18. The van der Waals surface area contributed by atoms with Crippen molar-refractivity contribution in [1.29, 1.82) is 0 Å². The molecule has 6 nitrogen and oxygen atoms in total. The van der Waals surface area contributed by atoms with E-state index in [0.29, 0.717) is 32.0 Å². The standard InChI is InChI=1S/C17H29FN4O2S2/c1-4-22(26(3,23)24)13-5-11-20-17(19-2)21-12-6-14-25-16-9-7-15(18)8-10-16/h7-10H,4-6,11-14H2,1-3H3,(H2,19,20,21). The highest BCUT2D eigenvalue weighted by atomic mass is 32.2.